The van der Waals surface area contributed by atoms with Crippen LogP contribution in [0.1, 0.15) is 22.3 Å². The van der Waals surface area contributed by atoms with Crippen LogP contribution in [0.5, 0.6) is 0 Å². The summed E-state index contributed by atoms with van der Waals surface area (Å²) in [5.41, 5.74) is 13.7. The molecule has 0 spiro atoms. The Labute approximate surface area is 388 Å². The smallest absolute Gasteiger partial charge is 0.0714 e. The summed E-state index contributed by atoms with van der Waals surface area (Å²) < 4.78 is 2.58. The molecule has 1 aromatic heterocycles. The molecular formula is C63H42N2S. The van der Waals surface area contributed by atoms with Gasteiger partial charge in [-0.2, -0.15) is 0 Å². The molecule has 0 radical (unpaired) electrons. The number of nitrogens with zero attached hydrogens (tertiary/aromatic N) is 2. The lowest BCUT2D eigenvalue weighted by atomic mass is 9.67. The van der Waals surface area contributed by atoms with Gasteiger partial charge in [-0.1, -0.05) is 182 Å². The standard InChI is InChI=1S/C63H42N2S/c1-5-20-44(21-6-1)63(45-22-7-2-8-23-45)58-31-17-15-29-53(58)54-37-34-49(41-59(54)63)65(47-26-11-4-12-27-47)60-39-43-19-13-14-28-51(43)52-36-33-48(40-57(52)60)64(46-24-9-3-10-25-46)50-35-38-56-55-30-16-18-32-61(55)66-62(56)42-50/h1-42H. The van der Waals surface area contributed by atoms with Crippen molar-refractivity contribution in [1.29, 1.82) is 0 Å². The number of fused-ring (bicyclic) bond motifs is 9. The zero-order chi connectivity index (χ0) is 43.6. The van der Waals surface area contributed by atoms with Crippen molar-refractivity contribution in [2.75, 3.05) is 9.80 Å². The number of benzene rings is 11. The van der Waals surface area contributed by atoms with Crippen LogP contribution in [0, 0.1) is 0 Å². The van der Waals surface area contributed by atoms with Gasteiger partial charge in [-0.15, -0.1) is 11.3 Å². The van der Waals surface area contributed by atoms with E-state index in [1.165, 1.54) is 75.1 Å². The van der Waals surface area contributed by atoms with Crippen molar-refractivity contribution < 1.29 is 0 Å². The van der Waals surface area contributed by atoms with E-state index in [0.717, 1.165) is 34.1 Å². The number of thiophene rings is 1. The van der Waals surface area contributed by atoms with Crippen molar-refractivity contribution >= 4 is 87.2 Å². The van der Waals surface area contributed by atoms with Crippen molar-refractivity contribution in [2.24, 2.45) is 0 Å². The Kier molecular flexibility index (Phi) is 8.97. The monoisotopic (exact) mass is 858 g/mol. The Morgan fingerprint density at radius 3 is 1.53 bits per heavy atom. The van der Waals surface area contributed by atoms with Crippen LogP contribution < -0.4 is 9.80 Å². The van der Waals surface area contributed by atoms with E-state index in [1.807, 2.05) is 11.3 Å². The van der Waals surface area contributed by atoms with Gasteiger partial charge in [0.05, 0.1) is 11.1 Å². The molecule has 11 aromatic carbocycles. The Hall–Kier alpha value is -8.24. The first kappa shape index (κ1) is 38.2. The molecule has 310 valence electrons. The molecule has 1 aliphatic rings. The molecule has 0 aliphatic heterocycles. The zero-order valence-corrected chi connectivity index (χ0v) is 36.9. The highest BCUT2D eigenvalue weighted by Gasteiger charge is 2.46. The second kappa shape index (κ2) is 15.5. The molecule has 0 fully saturated rings. The Morgan fingerprint density at radius 1 is 0.288 bits per heavy atom. The first-order valence-electron chi connectivity index (χ1n) is 22.7. The highest BCUT2D eigenvalue weighted by atomic mass is 32.1. The fourth-order valence-electron chi connectivity index (χ4n) is 10.9. The van der Waals surface area contributed by atoms with E-state index in [2.05, 4.69) is 265 Å². The van der Waals surface area contributed by atoms with Crippen LogP contribution in [-0.2, 0) is 5.41 Å². The van der Waals surface area contributed by atoms with Gasteiger partial charge in [-0.3, -0.25) is 0 Å². The SMILES string of the molecule is c1ccc(N(c2ccc3c(c2)sc2ccccc23)c2ccc3c(c2)c(N(c2ccccc2)c2ccc4c(c2)C(c2ccccc2)(c2ccccc2)c2ccccc2-4)cc2ccccc23)cc1. The molecule has 3 heteroatoms. The fraction of sp³-hybridized carbons (Fsp3) is 0.0159. The summed E-state index contributed by atoms with van der Waals surface area (Å²) in [6.45, 7) is 0. The second-order valence-electron chi connectivity index (χ2n) is 17.2. The summed E-state index contributed by atoms with van der Waals surface area (Å²) >= 11 is 1.86. The zero-order valence-electron chi connectivity index (χ0n) is 36.1. The lowest BCUT2D eigenvalue weighted by Crippen LogP contribution is -2.28. The lowest BCUT2D eigenvalue weighted by molar-refractivity contribution is 0.768. The van der Waals surface area contributed by atoms with Crippen LogP contribution in [0.15, 0.2) is 255 Å². The van der Waals surface area contributed by atoms with Crippen molar-refractivity contribution in [3.8, 4) is 11.1 Å². The third kappa shape index (κ3) is 5.94. The highest BCUT2D eigenvalue weighted by Crippen LogP contribution is 2.57. The predicted molar refractivity (Wildman–Crippen MR) is 281 cm³/mol. The third-order valence-electron chi connectivity index (χ3n) is 13.7. The second-order valence-corrected chi connectivity index (χ2v) is 18.3. The summed E-state index contributed by atoms with van der Waals surface area (Å²) in [7, 11) is 0. The van der Waals surface area contributed by atoms with E-state index in [1.54, 1.807) is 0 Å². The predicted octanol–water partition coefficient (Wildman–Crippen LogP) is 17.7. The first-order chi connectivity index (χ1) is 32.7. The first-order valence-corrected chi connectivity index (χ1v) is 23.5. The van der Waals surface area contributed by atoms with Gasteiger partial charge in [0, 0.05) is 54.0 Å². The quantitative estimate of drug-likeness (QED) is 0.141. The number of para-hydroxylation sites is 2. The lowest BCUT2D eigenvalue weighted by Gasteiger charge is -2.35. The van der Waals surface area contributed by atoms with E-state index in [0.29, 0.717) is 0 Å². The largest absolute Gasteiger partial charge is 0.310 e. The average Bonchev–Trinajstić information content (AvgIpc) is 3.91. The van der Waals surface area contributed by atoms with Gasteiger partial charge in [0.1, 0.15) is 0 Å². The highest BCUT2D eigenvalue weighted by molar-refractivity contribution is 7.25. The molecule has 2 nitrogen and oxygen atoms in total. The molecule has 0 bridgehead atoms. The summed E-state index contributed by atoms with van der Waals surface area (Å²) in [6.07, 6.45) is 0. The van der Waals surface area contributed by atoms with Gasteiger partial charge in [-0.25, -0.2) is 0 Å². The molecule has 12 aromatic rings. The molecule has 0 saturated heterocycles. The number of rotatable bonds is 8. The van der Waals surface area contributed by atoms with Crippen LogP contribution in [0.2, 0.25) is 0 Å². The molecule has 13 rings (SSSR count). The summed E-state index contributed by atoms with van der Waals surface area (Å²) in [5, 5.41) is 7.39. The van der Waals surface area contributed by atoms with Crippen LogP contribution in [0.4, 0.5) is 34.1 Å². The van der Waals surface area contributed by atoms with E-state index < -0.39 is 5.41 Å². The average molecular weight is 859 g/mol. The van der Waals surface area contributed by atoms with Crippen LogP contribution in [-0.4, -0.2) is 0 Å². The third-order valence-corrected chi connectivity index (χ3v) is 14.8. The van der Waals surface area contributed by atoms with Crippen molar-refractivity contribution in [1.82, 2.24) is 0 Å². The van der Waals surface area contributed by atoms with Gasteiger partial charge >= 0.3 is 0 Å². The van der Waals surface area contributed by atoms with E-state index in [4.69, 9.17) is 0 Å². The summed E-state index contributed by atoms with van der Waals surface area (Å²) in [4.78, 5) is 4.90. The maximum atomic E-state index is 2.48. The molecule has 1 heterocycles. The Balaban J connectivity index is 1.07. The minimum absolute atomic E-state index is 0.531. The minimum atomic E-state index is -0.531. The normalized spacial score (nSPS) is 12.7. The Bertz CT molecular complexity index is 3730. The van der Waals surface area contributed by atoms with Crippen molar-refractivity contribution in [2.45, 2.75) is 5.41 Å². The van der Waals surface area contributed by atoms with Crippen molar-refractivity contribution in [3.05, 3.63) is 277 Å². The van der Waals surface area contributed by atoms with Crippen LogP contribution in [0.3, 0.4) is 0 Å². The number of anilines is 6. The van der Waals surface area contributed by atoms with Gasteiger partial charge in [0.25, 0.3) is 0 Å². The topological polar surface area (TPSA) is 6.48 Å². The van der Waals surface area contributed by atoms with E-state index in [9.17, 15) is 0 Å². The molecule has 0 unspecified atom stereocenters. The molecule has 0 N–H and O–H groups in total. The maximum absolute atomic E-state index is 2.48. The van der Waals surface area contributed by atoms with E-state index >= 15 is 0 Å². The van der Waals surface area contributed by atoms with Gasteiger partial charge in [0.2, 0.25) is 0 Å². The molecular weight excluding hydrogens is 817 g/mol. The molecule has 0 saturated carbocycles. The summed E-state index contributed by atoms with van der Waals surface area (Å²) in [5.74, 6) is 0. The number of hydrogen-bond donors (Lipinski definition) is 0. The minimum Gasteiger partial charge on any atom is -0.310 e. The fourth-order valence-corrected chi connectivity index (χ4v) is 12.0. The van der Waals surface area contributed by atoms with E-state index in [-0.39, 0.29) is 0 Å². The van der Waals surface area contributed by atoms with Crippen LogP contribution in [0.25, 0.3) is 52.8 Å². The van der Waals surface area contributed by atoms with Crippen molar-refractivity contribution in [3.63, 3.8) is 0 Å². The molecule has 66 heavy (non-hydrogen) atoms. The van der Waals surface area contributed by atoms with Gasteiger partial charge in [-0.05, 0) is 122 Å². The molecule has 0 amide bonds. The summed E-state index contributed by atoms with van der Waals surface area (Å²) in [6, 6.07) is 94.0. The van der Waals surface area contributed by atoms with Gasteiger partial charge in [0.15, 0.2) is 0 Å². The Morgan fingerprint density at radius 2 is 0.803 bits per heavy atom. The maximum Gasteiger partial charge on any atom is 0.0714 e. The van der Waals surface area contributed by atoms with Crippen LogP contribution >= 0.6 is 11.3 Å². The van der Waals surface area contributed by atoms with Gasteiger partial charge < -0.3 is 9.80 Å². The molecule has 0 atom stereocenters. The molecule has 1 aliphatic carbocycles. The number of hydrogen-bond acceptors (Lipinski definition) is 3.